The lowest BCUT2D eigenvalue weighted by atomic mass is 10.1. The van der Waals surface area contributed by atoms with Gasteiger partial charge in [0.15, 0.2) is 5.78 Å². The van der Waals surface area contributed by atoms with Crippen molar-refractivity contribution in [2.75, 3.05) is 0 Å². The van der Waals surface area contributed by atoms with Crippen LogP contribution in [0.2, 0.25) is 0 Å². The zero-order chi connectivity index (χ0) is 16.1. The number of carbonyl (C=O) groups is 2. The number of aromatic nitrogens is 1. The van der Waals surface area contributed by atoms with E-state index in [-0.39, 0.29) is 5.78 Å². The second-order valence-corrected chi connectivity index (χ2v) is 5.51. The van der Waals surface area contributed by atoms with Crippen molar-refractivity contribution in [1.29, 1.82) is 0 Å². The number of ketones is 1. The van der Waals surface area contributed by atoms with Gasteiger partial charge in [0.2, 0.25) is 0 Å². The summed E-state index contributed by atoms with van der Waals surface area (Å²) in [5, 5.41) is 8.64. The molecule has 0 radical (unpaired) electrons. The second-order valence-electron chi connectivity index (χ2n) is 4.66. The van der Waals surface area contributed by atoms with Crippen LogP contribution in [0.4, 0.5) is 0 Å². The van der Waals surface area contributed by atoms with Gasteiger partial charge in [-0.1, -0.05) is 28.1 Å². The van der Waals surface area contributed by atoms with Crippen LogP contribution in [0.5, 0.6) is 0 Å². The first-order valence-corrected chi connectivity index (χ1v) is 7.31. The van der Waals surface area contributed by atoms with E-state index in [9.17, 15) is 9.59 Å². The molecule has 0 aliphatic rings. The highest BCUT2D eigenvalue weighted by molar-refractivity contribution is 9.10. The smallest absolute Gasteiger partial charge is 0.328 e. The summed E-state index contributed by atoms with van der Waals surface area (Å²) in [7, 11) is 1.81. The standard InChI is InChI=1S/C17H14BrNO3/c1-19-11-12(10-13(19)7-9-17(21)22)6-8-16(20)14-4-2-3-5-15(14)18/h2-11H,1H3,(H,21,22)/b8-6+,9-7+. The fourth-order valence-electron chi connectivity index (χ4n) is 1.94. The van der Waals surface area contributed by atoms with Gasteiger partial charge in [-0.05, 0) is 42.0 Å². The van der Waals surface area contributed by atoms with E-state index < -0.39 is 5.97 Å². The number of halogens is 1. The molecule has 0 amide bonds. The molecular weight excluding hydrogens is 346 g/mol. The molecule has 0 saturated heterocycles. The molecule has 1 N–H and O–H groups in total. The number of carboxylic acids is 1. The number of nitrogens with zero attached hydrogens (tertiary/aromatic N) is 1. The Kier molecular flexibility index (Phi) is 5.12. The number of benzene rings is 1. The average molecular weight is 360 g/mol. The lowest BCUT2D eigenvalue weighted by molar-refractivity contribution is -0.131. The lowest BCUT2D eigenvalue weighted by Gasteiger charge is -1.98. The first kappa shape index (κ1) is 16.0. The number of hydrogen-bond acceptors (Lipinski definition) is 2. The van der Waals surface area contributed by atoms with E-state index in [0.717, 1.165) is 21.8 Å². The van der Waals surface area contributed by atoms with E-state index in [1.807, 2.05) is 37.5 Å². The van der Waals surface area contributed by atoms with Crippen molar-refractivity contribution in [1.82, 2.24) is 4.57 Å². The molecule has 1 aromatic carbocycles. The molecule has 1 heterocycles. The highest BCUT2D eigenvalue weighted by Gasteiger charge is 2.06. The van der Waals surface area contributed by atoms with Crippen LogP contribution < -0.4 is 0 Å². The minimum atomic E-state index is -0.998. The van der Waals surface area contributed by atoms with Crippen molar-refractivity contribution >= 4 is 39.8 Å². The summed E-state index contributed by atoms with van der Waals surface area (Å²) in [5.41, 5.74) is 2.17. The fourth-order valence-corrected chi connectivity index (χ4v) is 2.42. The summed E-state index contributed by atoms with van der Waals surface area (Å²) in [6, 6.07) is 9.04. The molecule has 2 rings (SSSR count). The van der Waals surface area contributed by atoms with Gasteiger partial charge in [0.1, 0.15) is 0 Å². The Morgan fingerprint density at radius 1 is 1.18 bits per heavy atom. The average Bonchev–Trinajstić information content (AvgIpc) is 2.83. The first-order chi connectivity index (χ1) is 10.5. The van der Waals surface area contributed by atoms with Gasteiger partial charge in [-0.25, -0.2) is 4.79 Å². The van der Waals surface area contributed by atoms with E-state index in [0.29, 0.717) is 5.56 Å². The maximum absolute atomic E-state index is 12.1. The first-order valence-electron chi connectivity index (χ1n) is 6.51. The molecule has 2 aromatic rings. The number of aryl methyl sites for hydroxylation is 1. The van der Waals surface area contributed by atoms with Crippen LogP contribution in [0.25, 0.3) is 12.2 Å². The summed E-state index contributed by atoms with van der Waals surface area (Å²) in [4.78, 5) is 22.7. The van der Waals surface area contributed by atoms with E-state index in [1.165, 1.54) is 12.2 Å². The summed E-state index contributed by atoms with van der Waals surface area (Å²) < 4.78 is 2.55. The molecule has 0 bridgehead atoms. The normalized spacial score (nSPS) is 11.4. The van der Waals surface area contributed by atoms with Gasteiger partial charge < -0.3 is 9.67 Å². The Labute approximate surface area is 136 Å². The number of rotatable bonds is 5. The minimum absolute atomic E-state index is 0.0982. The van der Waals surface area contributed by atoms with E-state index in [4.69, 9.17) is 5.11 Å². The second kappa shape index (κ2) is 7.04. The Hall–Kier alpha value is -2.40. The molecule has 22 heavy (non-hydrogen) atoms. The van der Waals surface area contributed by atoms with Crippen LogP contribution >= 0.6 is 15.9 Å². The Bertz CT molecular complexity index is 772. The number of carboxylic acid groups (broad SMARTS) is 1. The van der Waals surface area contributed by atoms with Gasteiger partial charge in [0.05, 0.1) is 0 Å². The Balaban J connectivity index is 2.17. The van der Waals surface area contributed by atoms with Crippen molar-refractivity contribution in [3.8, 4) is 0 Å². The van der Waals surface area contributed by atoms with Gasteiger partial charge in [0, 0.05) is 35.1 Å². The molecule has 112 valence electrons. The Morgan fingerprint density at radius 3 is 2.59 bits per heavy atom. The van der Waals surface area contributed by atoms with E-state index >= 15 is 0 Å². The Morgan fingerprint density at radius 2 is 1.91 bits per heavy atom. The molecule has 0 fully saturated rings. The van der Waals surface area contributed by atoms with Crippen LogP contribution in [0.3, 0.4) is 0 Å². The van der Waals surface area contributed by atoms with Crippen LogP contribution in [0.1, 0.15) is 21.6 Å². The molecule has 0 saturated carbocycles. The van der Waals surface area contributed by atoms with Gasteiger partial charge in [-0.3, -0.25) is 4.79 Å². The van der Waals surface area contributed by atoms with Gasteiger partial charge >= 0.3 is 5.97 Å². The highest BCUT2D eigenvalue weighted by atomic mass is 79.9. The SMILES string of the molecule is Cn1cc(/C=C/C(=O)c2ccccc2Br)cc1/C=C/C(=O)O. The molecule has 0 spiro atoms. The molecule has 4 nitrogen and oxygen atoms in total. The van der Waals surface area contributed by atoms with Crippen molar-refractivity contribution in [2.24, 2.45) is 7.05 Å². The minimum Gasteiger partial charge on any atom is -0.478 e. The van der Waals surface area contributed by atoms with Crippen molar-refractivity contribution in [2.45, 2.75) is 0 Å². The third-order valence-electron chi connectivity index (χ3n) is 3.03. The summed E-state index contributed by atoms with van der Waals surface area (Å²) in [6.45, 7) is 0. The number of aliphatic carboxylic acids is 1. The monoisotopic (exact) mass is 359 g/mol. The number of hydrogen-bond donors (Lipinski definition) is 1. The van der Waals surface area contributed by atoms with Crippen LogP contribution in [0.15, 0.2) is 53.2 Å². The van der Waals surface area contributed by atoms with Gasteiger partial charge in [0.25, 0.3) is 0 Å². The van der Waals surface area contributed by atoms with E-state index in [2.05, 4.69) is 15.9 Å². The van der Waals surface area contributed by atoms with Crippen molar-refractivity contribution in [3.63, 3.8) is 0 Å². The predicted octanol–water partition coefficient (Wildman–Crippen LogP) is 3.78. The van der Waals surface area contributed by atoms with E-state index in [1.54, 1.807) is 16.7 Å². The fraction of sp³-hybridized carbons (Fsp3) is 0.0588. The topological polar surface area (TPSA) is 59.3 Å². The largest absolute Gasteiger partial charge is 0.478 e. The molecule has 5 heteroatoms. The summed E-state index contributed by atoms with van der Waals surface area (Å²) >= 11 is 3.35. The van der Waals surface area contributed by atoms with Gasteiger partial charge in [-0.2, -0.15) is 0 Å². The number of allylic oxidation sites excluding steroid dienone is 1. The maximum atomic E-state index is 12.1. The third-order valence-corrected chi connectivity index (χ3v) is 3.72. The molecule has 0 unspecified atom stereocenters. The molecule has 0 atom stereocenters. The van der Waals surface area contributed by atoms with Crippen molar-refractivity contribution < 1.29 is 14.7 Å². The van der Waals surface area contributed by atoms with Crippen LogP contribution in [-0.2, 0) is 11.8 Å². The number of carbonyl (C=O) groups excluding carboxylic acids is 1. The zero-order valence-corrected chi connectivity index (χ0v) is 13.4. The molecular formula is C17H14BrNO3. The summed E-state index contributed by atoms with van der Waals surface area (Å²) in [6.07, 6.45) is 7.62. The maximum Gasteiger partial charge on any atom is 0.328 e. The van der Waals surface area contributed by atoms with Gasteiger partial charge in [-0.15, -0.1) is 0 Å². The van der Waals surface area contributed by atoms with Crippen LogP contribution in [-0.4, -0.2) is 21.4 Å². The zero-order valence-electron chi connectivity index (χ0n) is 11.9. The molecule has 0 aliphatic heterocycles. The predicted molar refractivity (Wildman–Crippen MR) is 89.6 cm³/mol. The quantitative estimate of drug-likeness (QED) is 0.652. The van der Waals surface area contributed by atoms with Crippen molar-refractivity contribution in [3.05, 3.63) is 70.0 Å². The highest BCUT2D eigenvalue weighted by Crippen LogP contribution is 2.18. The molecule has 0 aliphatic carbocycles. The summed E-state index contributed by atoms with van der Waals surface area (Å²) in [5.74, 6) is -1.10. The third kappa shape index (κ3) is 4.05. The lowest BCUT2D eigenvalue weighted by Crippen LogP contribution is -1.94. The molecule has 1 aromatic heterocycles. The van der Waals surface area contributed by atoms with Crippen LogP contribution in [0, 0.1) is 0 Å².